The van der Waals surface area contributed by atoms with Gasteiger partial charge in [-0.1, -0.05) is 0 Å². The number of halogens is 4. The molecule has 0 bridgehead atoms. The molecule has 1 nitrogen and oxygen atoms in total. The molecule has 1 aromatic rings. The highest BCUT2D eigenvalue weighted by atomic mass is 19.3. The fourth-order valence-electron chi connectivity index (χ4n) is 0.586. The average molecular weight is 165 g/mol. The second-order valence-corrected chi connectivity index (χ2v) is 1.80. The molecule has 1 rings (SSSR count). The van der Waals surface area contributed by atoms with E-state index in [0.717, 1.165) is 0 Å². The van der Waals surface area contributed by atoms with E-state index in [-0.39, 0.29) is 0 Å². The molecule has 0 amide bonds. The summed E-state index contributed by atoms with van der Waals surface area (Å²) >= 11 is 0. The van der Waals surface area contributed by atoms with Gasteiger partial charge in [0.1, 0.15) is 5.69 Å². The maximum absolute atomic E-state index is 12.3. The highest BCUT2D eigenvalue weighted by Gasteiger charge is 2.15. The van der Waals surface area contributed by atoms with Crippen LogP contribution < -0.4 is 0 Å². The number of rotatable bonds is 1. The molecular formula is C6H3F4N. The Kier molecular flexibility index (Phi) is 2.07. The zero-order chi connectivity index (χ0) is 8.43. The highest BCUT2D eigenvalue weighted by molar-refractivity contribution is 5.08. The minimum Gasteiger partial charge on any atom is -0.216 e. The molecule has 5 heteroatoms. The summed E-state index contributed by atoms with van der Waals surface area (Å²) in [6.45, 7) is 0. The number of nitrogens with zero attached hydrogens (tertiary/aromatic N) is 1. The first kappa shape index (κ1) is 7.97. The van der Waals surface area contributed by atoms with Gasteiger partial charge in [-0.25, -0.2) is 18.2 Å². The molecule has 0 saturated heterocycles. The molecule has 0 unspecified atom stereocenters. The number of hydrogen-bond acceptors (Lipinski definition) is 1. The van der Waals surface area contributed by atoms with Crippen LogP contribution in [0.1, 0.15) is 12.1 Å². The number of aromatic nitrogens is 1. The van der Waals surface area contributed by atoms with Crippen LogP contribution in [0.2, 0.25) is 0 Å². The predicted molar refractivity (Wildman–Crippen MR) is 29.1 cm³/mol. The molecule has 0 N–H and O–H groups in total. The second-order valence-electron chi connectivity index (χ2n) is 1.80. The van der Waals surface area contributed by atoms with Gasteiger partial charge in [0.05, 0.1) is 0 Å². The summed E-state index contributed by atoms with van der Waals surface area (Å²) in [6, 6.07) is 1.30. The van der Waals surface area contributed by atoms with Crippen molar-refractivity contribution >= 4 is 0 Å². The van der Waals surface area contributed by atoms with E-state index in [1.54, 1.807) is 0 Å². The van der Waals surface area contributed by atoms with Gasteiger partial charge in [-0.05, 0) is 12.1 Å². The van der Waals surface area contributed by atoms with Crippen molar-refractivity contribution in [2.45, 2.75) is 6.43 Å². The second kappa shape index (κ2) is 2.86. The normalized spacial score (nSPS) is 10.6. The molecule has 1 heterocycles. The van der Waals surface area contributed by atoms with Crippen LogP contribution in [0.5, 0.6) is 0 Å². The maximum Gasteiger partial charge on any atom is 0.283 e. The average Bonchev–Trinajstić information content (AvgIpc) is 1.94. The standard InChI is InChI=1S/C6H3F4N/c7-3-1-2-4(8)11-5(3)6(9)10/h1-2,6H. The van der Waals surface area contributed by atoms with Crippen molar-refractivity contribution in [2.24, 2.45) is 0 Å². The Balaban J connectivity index is 3.13. The van der Waals surface area contributed by atoms with Gasteiger partial charge in [0.25, 0.3) is 6.43 Å². The van der Waals surface area contributed by atoms with E-state index < -0.39 is 23.9 Å². The first-order valence-electron chi connectivity index (χ1n) is 2.71. The van der Waals surface area contributed by atoms with E-state index in [1.807, 2.05) is 0 Å². The molecular weight excluding hydrogens is 162 g/mol. The smallest absolute Gasteiger partial charge is 0.216 e. The number of pyridine rings is 1. The van der Waals surface area contributed by atoms with Gasteiger partial charge in [-0.2, -0.15) is 4.39 Å². The van der Waals surface area contributed by atoms with Gasteiger partial charge in [0.2, 0.25) is 5.95 Å². The summed E-state index contributed by atoms with van der Waals surface area (Å²) in [5.41, 5.74) is -1.15. The quantitative estimate of drug-likeness (QED) is 0.459. The lowest BCUT2D eigenvalue weighted by Gasteiger charge is -1.98. The van der Waals surface area contributed by atoms with Crippen molar-refractivity contribution in [2.75, 3.05) is 0 Å². The van der Waals surface area contributed by atoms with Gasteiger partial charge in [0, 0.05) is 0 Å². The van der Waals surface area contributed by atoms with Crippen molar-refractivity contribution in [3.8, 4) is 0 Å². The highest BCUT2D eigenvalue weighted by Crippen LogP contribution is 2.19. The molecule has 11 heavy (non-hydrogen) atoms. The first-order valence-corrected chi connectivity index (χ1v) is 2.71. The molecule has 0 aliphatic carbocycles. The third-order valence-corrected chi connectivity index (χ3v) is 1.05. The Morgan fingerprint density at radius 1 is 1.18 bits per heavy atom. The zero-order valence-electron chi connectivity index (χ0n) is 5.19. The summed E-state index contributed by atoms with van der Waals surface area (Å²) < 4.78 is 47.9. The minimum atomic E-state index is -3.08. The van der Waals surface area contributed by atoms with Crippen LogP contribution >= 0.6 is 0 Å². The van der Waals surface area contributed by atoms with Gasteiger partial charge in [0.15, 0.2) is 5.82 Å². The maximum atomic E-state index is 12.3. The van der Waals surface area contributed by atoms with E-state index in [0.29, 0.717) is 12.1 Å². The van der Waals surface area contributed by atoms with Crippen LogP contribution in [0, 0.1) is 11.8 Å². The van der Waals surface area contributed by atoms with Gasteiger partial charge < -0.3 is 0 Å². The molecule has 0 aromatic carbocycles. The van der Waals surface area contributed by atoms with Gasteiger partial charge in [-0.3, -0.25) is 0 Å². The molecule has 0 aliphatic heterocycles. The Morgan fingerprint density at radius 3 is 2.27 bits per heavy atom. The SMILES string of the molecule is Fc1ccc(F)c(C(F)F)n1. The number of alkyl halides is 2. The van der Waals surface area contributed by atoms with Gasteiger partial charge >= 0.3 is 0 Å². The van der Waals surface area contributed by atoms with Crippen LogP contribution in [-0.2, 0) is 0 Å². The van der Waals surface area contributed by atoms with Crippen LogP contribution in [0.15, 0.2) is 12.1 Å². The molecule has 0 fully saturated rings. The lowest BCUT2D eigenvalue weighted by atomic mass is 10.3. The lowest BCUT2D eigenvalue weighted by molar-refractivity contribution is 0.139. The monoisotopic (exact) mass is 165 g/mol. The Morgan fingerprint density at radius 2 is 1.82 bits per heavy atom. The number of hydrogen-bond donors (Lipinski definition) is 0. The fourth-order valence-corrected chi connectivity index (χ4v) is 0.586. The third-order valence-electron chi connectivity index (χ3n) is 1.05. The first-order chi connectivity index (χ1) is 5.11. The molecule has 0 saturated carbocycles. The Hall–Kier alpha value is -1.13. The summed E-state index contributed by atoms with van der Waals surface area (Å²) in [5.74, 6) is -2.30. The van der Waals surface area contributed by atoms with E-state index in [1.165, 1.54) is 0 Å². The van der Waals surface area contributed by atoms with Crippen LogP contribution in [0.3, 0.4) is 0 Å². The summed E-state index contributed by atoms with van der Waals surface area (Å²) in [5, 5.41) is 0. The van der Waals surface area contributed by atoms with Crippen LogP contribution in [-0.4, -0.2) is 4.98 Å². The molecule has 0 atom stereocenters. The molecule has 60 valence electrons. The van der Waals surface area contributed by atoms with Crippen LogP contribution in [0.4, 0.5) is 17.6 Å². The van der Waals surface area contributed by atoms with Crippen molar-refractivity contribution in [1.82, 2.24) is 4.98 Å². The summed E-state index contributed by atoms with van der Waals surface area (Å²) in [4.78, 5) is 2.68. The third kappa shape index (κ3) is 1.66. The van der Waals surface area contributed by atoms with E-state index in [9.17, 15) is 17.6 Å². The molecule has 1 aromatic heterocycles. The molecule has 0 spiro atoms. The van der Waals surface area contributed by atoms with E-state index in [4.69, 9.17) is 0 Å². The van der Waals surface area contributed by atoms with Crippen molar-refractivity contribution in [3.63, 3.8) is 0 Å². The van der Waals surface area contributed by atoms with E-state index in [2.05, 4.69) is 4.98 Å². The van der Waals surface area contributed by atoms with Crippen molar-refractivity contribution in [1.29, 1.82) is 0 Å². The van der Waals surface area contributed by atoms with Crippen molar-refractivity contribution in [3.05, 3.63) is 29.6 Å². The topological polar surface area (TPSA) is 12.9 Å². The zero-order valence-corrected chi connectivity index (χ0v) is 5.19. The minimum absolute atomic E-state index is 0.615. The van der Waals surface area contributed by atoms with E-state index >= 15 is 0 Å². The summed E-state index contributed by atoms with van der Waals surface area (Å²) in [6.07, 6.45) is -3.08. The fraction of sp³-hybridized carbons (Fsp3) is 0.167. The molecule has 0 aliphatic rings. The van der Waals surface area contributed by atoms with Crippen LogP contribution in [0.25, 0.3) is 0 Å². The van der Waals surface area contributed by atoms with Crippen molar-refractivity contribution < 1.29 is 17.6 Å². The Labute approximate surface area is 59.7 Å². The largest absolute Gasteiger partial charge is 0.283 e. The van der Waals surface area contributed by atoms with Gasteiger partial charge in [-0.15, -0.1) is 0 Å². The predicted octanol–water partition coefficient (Wildman–Crippen LogP) is 2.30. The lowest BCUT2D eigenvalue weighted by Crippen LogP contribution is -1.97. The summed E-state index contributed by atoms with van der Waals surface area (Å²) in [7, 11) is 0. The molecule has 0 radical (unpaired) electrons. The Bertz CT molecular complexity index is 261.